The number of carbonyl (C=O) groups is 2. The Balaban J connectivity index is 1.45. The van der Waals surface area contributed by atoms with E-state index >= 15 is 0 Å². The number of anilines is 1. The zero-order chi connectivity index (χ0) is 19.9. The number of nitrogens with one attached hydrogen (secondary N) is 1. The van der Waals surface area contributed by atoms with Gasteiger partial charge in [-0.1, -0.05) is 0 Å². The molecule has 2 fully saturated rings. The zero-order valence-corrected chi connectivity index (χ0v) is 16.4. The molecular formula is C18H23N3O6S. The van der Waals surface area contributed by atoms with Crippen molar-refractivity contribution in [3.63, 3.8) is 0 Å². The summed E-state index contributed by atoms with van der Waals surface area (Å²) in [6, 6.07) is 4.42. The van der Waals surface area contributed by atoms with Gasteiger partial charge in [-0.2, -0.15) is 4.31 Å². The van der Waals surface area contributed by atoms with Crippen LogP contribution in [0.4, 0.5) is 5.69 Å². The van der Waals surface area contributed by atoms with Crippen LogP contribution in [0.2, 0.25) is 0 Å². The molecule has 4 rings (SSSR count). The van der Waals surface area contributed by atoms with E-state index in [1.807, 2.05) is 0 Å². The fourth-order valence-electron chi connectivity index (χ4n) is 3.62. The third kappa shape index (κ3) is 3.47. The molecule has 1 aromatic carbocycles. The Morgan fingerprint density at radius 1 is 1.21 bits per heavy atom. The summed E-state index contributed by atoms with van der Waals surface area (Å²) in [7, 11) is -3.72. The predicted molar refractivity (Wildman–Crippen MR) is 99.5 cm³/mol. The van der Waals surface area contributed by atoms with Crippen LogP contribution in [-0.2, 0) is 24.3 Å². The number of hydrogen-bond acceptors (Lipinski definition) is 6. The zero-order valence-electron chi connectivity index (χ0n) is 15.6. The van der Waals surface area contributed by atoms with Crippen molar-refractivity contribution >= 4 is 27.5 Å². The van der Waals surface area contributed by atoms with E-state index in [4.69, 9.17) is 9.47 Å². The van der Waals surface area contributed by atoms with Gasteiger partial charge in [-0.3, -0.25) is 9.59 Å². The molecule has 2 atom stereocenters. The van der Waals surface area contributed by atoms with Gasteiger partial charge in [0.15, 0.2) is 6.10 Å². The van der Waals surface area contributed by atoms with Crippen LogP contribution in [0.5, 0.6) is 5.75 Å². The Morgan fingerprint density at radius 3 is 2.64 bits per heavy atom. The van der Waals surface area contributed by atoms with Gasteiger partial charge in [-0.05, 0) is 31.9 Å². The van der Waals surface area contributed by atoms with Gasteiger partial charge in [0, 0.05) is 38.9 Å². The molecule has 0 spiro atoms. The number of benzene rings is 1. The highest BCUT2D eigenvalue weighted by Crippen LogP contribution is 2.33. The Hall–Kier alpha value is -2.17. The van der Waals surface area contributed by atoms with Gasteiger partial charge < -0.3 is 19.7 Å². The third-order valence-electron chi connectivity index (χ3n) is 5.28. The summed E-state index contributed by atoms with van der Waals surface area (Å²) in [6.45, 7) is 3.34. The molecule has 0 unspecified atom stereocenters. The second kappa shape index (κ2) is 7.34. The number of nitrogens with zero attached hydrogens (tertiary/aromatic N) is 2. The maximum atomic E-state index is 13.0. The fourth-order valence-corrected chi connectivity index (χ4v) is 5.05. The molecule has 0 saturated carbocycles. The van der Waals surface area contributed by atoms with Crippen molar-refractivity contribution in [2.75, 3.05) is 38.1 Å². The van der Waals surface area contributed by atoms with Crippen LogP contribution in [0.1, 0.15) is 19.8 Å². The fraction of sp³-hybridized carbons (Fsp3) is 0.556. The molecule has 0 aliphatic carbocycles. The molecule has 28 heavy (non-hydrogen) atoms. The van der Waals surface area contributed by atoms with Gasteiger partial charge >= 0.3 is 0 Å². The number of ether oxygens (including phenoxy) is 2. The van der Waals surface area contributed by atoms with Crippen molar-refractivity contribution < 1.29 is 27.5 Å². The van der Waals surface area contributed by atoms with Crippen molar-refractivity contribution in [3.05, 3.63) is 18.2 Å². The minimum Gasteiger partial charge on any atom is -0.479 e. The molecule has 1 N–H and O–H groups in total. The second-order valence-corrected chi connectivity index (χ2v) is 9.08. The van der Waals surface area contributed by atoms with Crippen molar-refractivity contribution in [1.29, 1.82) is 0 Å². The maximum Gasteiger partial charge on any atom is 0.265 e. The van der Waals surface area contributed by atoms with Crippen molar-refractivity contribution in [1.82, 2.24) is 9.21 Å². The summed E-state index contributed by atoms with van der Waals surface area (Å²) >= 11 is 0. The van der Waals surface area contributed by atoms with E-state index < -0.39 is 22.2 Å². The van der Waals surface area contributed by atoms with Crippen LogP contribution in [0.15, 0.2) is 23.1 Å². The van der Waals surface area contributed by atoms with Crippen LogP contribution in [0.25, 0.3) is 0 Å². The average Bonchev–Trinajstić information content (AvgIpc) is 3.23. The molecule has 10 heteroatoms. The summed E-state index contributed by atoms with van der Waals surface area (Å²) in [5, 5.41) is 2.68. The highest BCUT2D eigenvalue weighted by molar-refractivity contribution is 7.89. The maximum absolute atomic E-state index is 13.0. The average molecular weight is 409 g/mol. The number of hydrogen-bond donors (Lipinski definition) is 1. The van der Waals surface area contributed by atoms with Gasteiger partial charge in [0.1, 0.15) is 11.9 Å². The first-order valence-electron chi connectivity index (χ1n) is 9.38. The van der Waals surface area contributed by atoms with Gasteiger partial charge in [0.05, 0.1) is 10.6 Å². The topological polar surface area (TPSA) is 105 Å². The van der Waals surface area contributed by atoms with E-state index in [-0.39, 0.29) is 29.8 Å². The number of sulfonamides is 1. The van der Waals surface area contributed by atoms with E-state index in [1.54, 1.807) is 11.8 Å². The van der Waals surface area contributed by atoms with Crippen LogP contribution in [-0.4, -0.2) is 74.4 Å². The summed E-state index contributed by atoms with van der Waals surface area (Å²) in [5.74, 6) is 0.0111. The number of fused-ring (bicyclic) bond motifs is 1. The first-order chi connectivity index (χ1) is 13.4. The molecule has 1 aromatic rings. The SMILES string of the molecule is C[C@@H]1Oc2cc(S(=O)(=O)N3CCN(C(=O)[C@@H]4CCCO4)CC3)ccc2NC1=O. The summed E-state index contributed by atoms with van der Waals surface area (Å²) in [4.78, 5) is 25.9. The number of piperazine rings is 1. The minimum absolute atomic E-state index is 0.0542. The lowest BCUT2D eigenvalue weighted by Gasteiger charge is -2.35. The molecule has 2 amide bonds. The van der Waals surface area contributed by atoms with Gasteiger partial charge in [-0.25, -0.2) is 8.42 Å². The molecule has 152 valence electrons. The molecule has 3 aliphatic rings. The minimum atomic E-state index is -3.72. The lowest BCUT2D eigenvalue weighted by molar-refractivity contribution is -0.142. The predicted octanol–water partition coefficient (Wildman–Crippen LogP) is 0.418. The van der Waals surface area contributed by atoms with E-state index in [0.717, 1.165) is 12.8 Å². The first-order valence-corrected chi connectivity index (χ1v) is 10.8. The number of rotatable bonds is 3. The monoisotopic (exact) mass is 409 g/mol. The standard InChI is InChI=1S/C18H23N3O6S/c1-12-17(22)19-14-5-4-13(11-16(14)27-12)28(24,25)21-8-6-20(7-9-21)18(23)15-3-2-10-26-15/h4-5,11-12,15H,2-3,6-10H2,1H3,(H,19,22)/t12-,15-/m0/s1. The normalized spacial score (nSPS) is 25.8. The van der Waals surface area contributed by atoms with Crippen molar-refractivity contribution in [2.24, 2.45) is 0 Å². The van der Waals surface area contributed by atoms with E-state index in [9.17, 15) is 18.0 Å². The van der Waals surface area contributed by atoms with Gasteiger partial charge in [0.2, 0.25) is 10.0 Å². The van der Waals surface area contributed by atoms with Crippen LogP contribution >= 0.6 is 0 Å². The van der Waals surface area contributed by atoms with E-state index in [2.05, 4.69) is 5.32 Å². The Morgan fingerprint density at radius 2 is 1.96 bits per heavy atom. The summed E-state index contributed by atoms with van der Waals surface area (Å²) in [5.41, 5.74) is 0.453. The number of amides is 2. The molecule has 3 aliphatic heterocycles. The lowest BCUT2D eigenvalue weighted by Crippen LogP contribution is -2.52. The molecule has 3 heterocycles. The molecule has 2 saturated heterocycles. The first kappa shape index (κ1) is 19.2. The van der Waals surface area contributed by atoms with Gasteiger partial charge in [0.25, 0.3) is 11.8 Å². The molecule has 0 bridgehead atoms. The number of carbonyl (C=O) groups excluding carboxylic acids is 2. The quantitative estimate of drug-likeness (QED) is 0.776. The largest absolute Gasteiger partial charge is 0.479 e. The Bertz CT molecular complexity index is 889. The summed E-state index contributed by atoms with van der Waals surface area (Å²) < 4.78 is 38.3. The highest BCUT2D eigenvalue weighted by atomic mass is 32.2. The smallest absolute Gasteiger partial charge is 0.265 e. The Kier molecular flexibility index (Phi) is 5.02. The molecule has 0 aromatic heterocycles. The van der Waals surface area contributed by atoms with E-state index in [0.29, 0.717) is 31.1 Å². The Labute approximate surface area is 163 Å². The molecular weight excluding hydrogens is 386 g/mol. The van der Waals surface area contributed by atoms with Crippen LogP contribution in [0, 0.1) is 0 Å². The molecule has 0 radical (unpaired) electrons. The lowest BCUT2D eigenvalue weighted by atomic mass is 10.2. The van der Waals surface area contributed by atoms with Crippen molar-refractivity contribution in [2.45, 2.75) is 36.9 Å². The van der Waals surface area contributed by atoms with Crippen LogP contribution < -0.4 is 10.1 Å². The summed E-state index contributed by atoms with van der Waals surface area (Å²) in [6.07, 6.45) is 0.530. The van der Waals surface area contributed by atoms with E-state index in [1.165, 1.54) is 22.5 Å². The highest BCUT2D eigenvalue weighted by Gasteiger charge is 2.34. The van der Waals surface area contributed by atoms with Gasteiger partial charge in [-0.15, -0.1) is 0 Å². The van der Waals surface area contributed by atoms with Crippen LogP contribution in [0.3, 0.4) is 0 Å². The second-order valence-electron chi connectivity index (χ2n) is 7.14. The van der Waals surface area contributed by atoms with Crippen molar-refractivity contribution in [3.8, 4) is 5.75 Å². The molecule has 9 nitrogen and oxygen atoms in total. The third-order valence-corrected chi connectivity index (χ3v) is 7.17.